The van der Waals surface area contributed by atoms with Crippen LogP contribution < -0.4 is 0 Å². The van der Waals surface area contributed by atoms with Crippen molar-refractivity contribution in [1.29, 1.82) is 0 Å². The number of carbonyl (C=O) groups is 3. The van der Waals surface area contributed by atoms with Gasteiger partial charge < -0.3 is 14.7 Å². The van der Waals surface area contributed by atoms with E-state index in [1.165, 1.54) is 6.42 Å². The Kier molecular flexibility index (Phi) is 6.29. The molecule has 0 aliphatic carbocycles. The second-order valence-corrected chi connectivity index (χ2v) is 8.68. The summed E-state index contributed by atoms with van der Waals surface area (Å²) < 4.78 is 0. The van der Waals surface area contributed by atoms with Crippen LogP contribution in [0.5, 0.6) is 0 Å². The zero-order valence-corrected chi connectivity index (χ0v) is 17.8. The van der Waals surface area contributed by atoms with Crippen molar-refractivity contribution in [3.8, 4) is 0 Å². The first kappa shape index (κ1) is 20.8. The average molecular weight is 414 g/mol. The van der Waals surface area contributed by atoms with Gasteiger partial charge in [-0.25, -0.2) is 9.97 Å². The summed E-state index contributed by atoms with van der Waals surface area (Å²) in [5, 5.41) is 0. The molecule has 3 fully saturated rings. The Morgan fingerprint density at radius 3 is 2.50 bits per heavy atom. The van der Waals surface area contributed by atoms with Gasteiger partial charge in [0.05, 0.1) is 17.8 Å². The van der Waals surface area contributed by atoms with Crippen LogP contribution in [0.4, 0.5) is 0 Å². The Morgan fingerprint density at radius 2 is 1.80 bits per heavy atom. The van der Waals surface area contributed by atoms with Crippen molar-refractivity contribution in [2.45, 2.75) is 57.8 Å². The summed E-state index contributed by atoms with van der Waals surface area (Å²) in [6.07, 6.45) is 8.15. The third-order valence-electron chi connectivity index (χ3n) is 6.51. The molecule has 0 aromatic carbocycles. The van der Waals surface area contributed by atoms with Crippen LogP contribution in [0.15, 0.2) is 6.20 Å². The van der Waals surface area contributed by atoms with Crippen molar-refractivity contribution in [3.05, 3.63) is 23.3 Å². The number of nitrogens with zero attached hydrogens (tertiary/aromatic N) is 5. The van der Waals surface area contributed by atoms with Gasteiger partial charge in [-0.3, -0.25) is 14.4 Å². The summed E-state index contributed by atoms with van der Waals surface area (Å²) >= 11 is 0. The van der Waals surface area contributed by atoms with Gasteiger partial charge in [0.2, 0.25) is 11.8 Å². The number of hydrogen-bond acceptors (Lipinski definition) is 5. The summed E-state index contributed by atoms with van der Waals surface area (Å²) in [4.78, 5) is 51.9. The Balaban J connectivity index is 1.40. The molecule has 0 unspecified atom stereocenters. The number of amides is 3. The summed E-state index contributed by atoms with van der Waals surface area (Å²) in [5.74, 6) is 0.870. The van der Waals surface area contributed by atoms with E-state index in [1.54, 1.807) is 11.1 Å². The molecule has 0 bridgehead atoms. The van der Waals surface area contributed by atoms with Gasteiger partial charge in [-0.1, -0.05) is 0 Å². The van der Waals surface area contributed by atoms with Gasteiger partial charge in [-0.05, 0) is 45.4 Å². The summed E-state index contributed by atoms with van der Waals surface area (Å²) in [5.41, 5.74) is 1.29. The van der Waals surface area contributed by atoms with Crippen LogP contribution in [0.3, 0.4) is 0 Å². The predicted octanol–water partition coefficient (Wildman–Crippen LogP) is 1.74. The van der Waals surface area contributed by atoms with E-state index in [0.29, 0.717) is 43.1 Å². The molecule has 162 valence electrons. The van der Waals surface area contributed by atoms with Crippen LogP contribution in [0.1, 0.15) is 72.7 Å². The first-order valence-corrected chi connectivity index (χ1v) is 11.2. The largest absolute Gasteiger partial charge is 0.340 e. The maximum atomic E-state index is 12.8. The maximum Gasteiger partial charge on any atom is 0.257 e. The highest BCUT2D eigenvalue weighted by atomic mass is 16.2. The lowest BCUT2D eigenvalue weighted by Gasteiger charge is -2.33. The minimum Gasteiger partial charge on any atom is -0.340 e. The maximum absolute atomic E-state index is 12.8. The summed E-state index contributed by atoms with van der Waals surface area (Å²) in [6, 6.07) is 0. The number of carbonyl (C=O) groups excluding carboxylic acids is 3. The summed E-state index contributed by atoms with van der Waals surface area (Å²) in [6.45, 7) is 5.61. The molecular formula is C22H31N5O3. The van der Waals surface area contributed by atoms with Gasteiger partial charge in [0.25, 0.3) is 5.91 Å². The molecule has 0 saturated carbocycles. The van der Waals surface area contributed by atoms with Gasteiger partial charge in [0, 0.05) is 51.3 Å². The smallest absolute Gasteiger partial charge is 0.257 e. The van der Waals surface area contributed by atoms with Crippen LogP contribution in [0, 0.1) is 6.92 Å². The third kappa shape index (κ3) is 4.47. The van der Waals surface area contributed by atoms with Crippen molar-refractivity contribution >= 4 is 17.7 Å². The molecule has 1 aromatic heterocycles. The molecule has 8 heteroatoms. The molecule has 1 atom stereocenters. The van der Waals surface area contributed by atoms with Crippen molar-refractivity contribution in [3.63, 3.8) is 0 Å². The predicted molar refractivity (Wildman–Crippen MR) is 111 cm³/mol. The monoisotopic (exact) mass is 413 g/mol. The Labute approximate surface area is 177 Å². The molecule has 3 aliphatic rings. The molecular weight excluding hydrogens is 382 g/mol. The van der Waals surface area contributed by atoms with E-state index < -0.39 is 0 Å². The molecule has 30 heavy (non-hydrogen) atoms. The number of likely N-dealkylation sites (tertiary alicyclic amines) is 3. The molecule has 0 spiro atoms. The topological polar surface area (TPSA) is 86.7 Å². The lowest BCUT2D eigenvalue weighted by Crippen LogP contribution is -2.45. The van der Waals surface area contributed by atoms with Crippen LogP contribution in [-0.4, -0.2) is 81.7 Å². The van der Waals surface area contributed by atoms with Gasteiger partial charge in [0.15, 0.2) is 0 Å². The SMILES string of the molecule is Cc1nc([C@H]2CCCN(C(=O)CN3CCCC3=O)C2)ncc1C(=O)N1CCCCC1. The van der Waals surface area contributed by atoms with Crippen molar-refractivity contribution < 1.29 is 14.4 Å². The second-order valence-electron chi connectivity index (χ2n) is 8.68. The fraction of sp³-hybridized carbons (Fsp3) is 0.682. The van der Waals surface area contributed by atoms with Crippen molar-refractivity contribution in [1.82, 2.24) is 24.7 Å². The third-order valence-corrected chi connectivity index (χ3v) is 6.51. The normalized spacial score (nSPS) is 22.5. The Bertz CT molecular complexity index is 821. The number of aryl methyl sites for hydroxylation is 1. The molecule has 4 rings (SSSR count). The van der Waals surface area contributed by atoms with Crippen LogP contribution in [0.2, 0.25) is 0 Å². The molecule has 0 radical (unpaired) electrons. The minimum atomic E-state index is 0.00330. The first-order valence-electron chi connectivity index (χ1n) is 11.2. The summed E-state index contributed by atoms with van der Waals surface area (Å²) in [7, 11) is 0. The quantitative estimate of drug-likeness (QED) is 0.750. The zero-order valence-electron chi connectivity index (χ0n) is 17.8. The van der Waals surface area contributed by atoms with E-state index in [2.05, 4.69) is 9.97 Å². The van der Waals surface area contributed by atoms with Crippen molar-refractivity contribution in [2.24, 2.45) is 0 Å². The van der Waals surface area contributed by atoms with Crippen LogP contribution >= 0.6 is 0 Å². The molecule has 8 nitrogen and oxygen atoms in total. The van der Waals surface area contributed by atoms with E-state index in [1.807, 2.05) is 16.7 Å². The van der Waals surface area contributed by atoms with Gasteiger partial charge in [-0.15, -0.1) is 0 Å². The number of aromatic nitrogens is 2. The number of rotatable bonds is 4. The fourth-order valence-electron chi connectivity index (χ4n) is 4.71. The van der Waals surface area contributed by atoms with Gasteiger partial charge in [-0.2, -0.15) is 0 Å². The second kappa shape index (κ2) is 9.10. The molecule has 3 saturated heterocycles. The van der Waals surface area contributed by atoms with E-state index in [-0.39, 0.29) is 30.2 Å². The highest BCUT2D eigenvalue weighted by molar-refractivity contribution is 5.95. The van der Waals surface area contributed by atoms with Crippen molar-refractivity contribution in [2.75, 3.05) is 39.3 Å². The van der Waals surface area contributed by atoms with Crippen LogP contribution in [0.25, 0.3) is 0 Å². The highest BCUT2D eigenvalue weighted by Gasteiger charge is 2.30. The molecule has 1 aromatic rings. The first-order chi connectivity index (χ1) is 14.5. The number of piperidine rings is 2. The van der Waals surface area contributed by atoms with Gasteiger partial charge >= 0.3 is 0 Å². The minimum absolute atomic E-state index is 0.00330. The fourth-order valence-corrected chi connectivity index (χ4v) is 4.71. The highest BCUT2D eigenvalue weighted by Crippen LogP contribution is 2.26. The lowest BCUT2D eigenvalue weighted by atomic mass is 9.96. The molecule has 3 aliphatic heterocycles. The van der Waals surface area contributed by atoms with E-state index in [9.17, 15) is 14.4 Å². The zero-order chi connectivity index (χ0) is 21.1. The molecule has 0 N–H and O–H groups in total. The van der Waals surface area contributed by atoms with E-state index in [0.717, 1.165) is 45.2 Å². The molecule has 3 amide bonds. The standard InChI is InChI=1S/C22H31N5O3/c1-16-18(22(30)25-9-3-2-4-10-25)13-23-21(24-16)17-7-5-11-26(14-17)20(29)15-27-12-6-8-19(27)28/h13,17H,2-12,14-15H2,1H3/t17-/m0/s1. The van der Waals surface area contributed by atoms with Crippen LogP contribution in [-0.2, 0) is 9.59 Å². The average Bonchev–Trinajstić information content (AvgIpc) is 3.18. The van der Waals surface area contributed by atoms with Gasteiger partial charge in [0.1, 0.15) is 5.82 Å². The Hall–Kier alpha value is -2.51. The Morgan fingerprint density at radius 1 is 1.03 bits per heavy atom. The lowest BCUT2D eigenvalue weighted by molar-refractivity contribution is -0.139. The van der Waals surface area contributed by atoms with E-state index in [4.69, 9.17) is 0 Å². The van der Waals surface area contributed by atoms with E-state index >= 15 is 0 Å². The molecule has 4 heterocycles. The number of hydrogen-bond donors (Lipinski definition) is 0.